The molecule has 2 aliphatic heterocycles. The van der Waals surface area contributed by atoms with Crippen molar-refractivity contribution >= 4 is 57.5 Å². The van der Waals surface area contributed by atoms with Crippen LogP contribution in [0.2, 0.25) is 10.0 Å². The highest BCUT2D eigenvalue weighted by molar-refractivity contribution is 6.36. The van der Waals surface area contributed by atoms with E-state index < -0.39 is 11.8 Å². The van der Waals surface area contributed by atoms with Gasteiger partial charge in [-0.1, -0.05) is 48.3 Å². The lowest BCUT2D eigenvalue weighted by molar-refractivity contribution is -0.364. The van der Waals surface area contributed by atoms with E-state index >= 15 is 4.79 Å². The SMILES string of the molecule is CCOC(=O)C1CCC(OC(C(=O)Cc2cc(Cl)c(NC(=O)c3cn(C)c4ccccc34)cc2Cl)(N2CCCC2)N2C[C@@H](C)CC2(OC)OC)CC1. The molecule has 1 aromatic heterocycles. The Kier molecular flexibility index (Phi) is 12.0. The molecule has 2 saturated heterocycles. The van der Waals surface area contributed by atoms with Crippen molar-refractivity contribution in [2.75, 3.05) is 45.8 Å². The van der Waals surface area contributed by atoms with E-state index in [1.807, 2.05) is 47.7 Å². The van der Waals surface area contributed by atoms with Crippen LogP contribution in [0.4, 0.5) is 5.69 Å². The largest absolute Gasteiger partial charge is 0.466 e. The minimum absolute atomic E-state index is 0.0981. The molecule has 1 amide bonds. The van der Waals surface area contributed by atoms with Crippen LogP contribution in [0.25, 0.3) is 10.9 Å². The summed E-state index contributed by atoms with van der Waals surface area (Å²) in [6.45, 7) is 6.05. The maximum absolute atomic E-state index is 15.2. The summed E-state index contributed by atoms with van der Waals surface area (Å²) in [5.41, 5.74) is 2.28. The molecule has 1 aliphatic carbocycles. The molecule has 3 fully saturated rings. The Labute approximate surface area is 315 Å². The molecular weight excluding hydrogens is 707 g/mol. The molecule has 1 saturated carbocycles. The van der Waals surface area contributed by atoms with Crippen LogP contribution in [0.5, 0.6) is 0 Å². The first-order valence-electron chi connectivity index (χ1n) is 18.3. The number of Topliss-reactive ketones (excluding diaryl/α,β-unsaturated/α-hetero) is 1. The average molecular weight is 758 g/mol. The smallest absolute Gasteiger partial charge is 0.308 e. The Morgan fingerprint density at radius 1 is 1.00 bits per heavy atom. The van der Waals surface area contributed by atoms with E-state index in [2.05, 4.69) is 17.1 Å². The fourth-order valence-corrected chi connectivity index (χ4v) is 8.81. The number of fused-ring (bicyclic) bond motifs is 1. The molecule has 1 unspecified atom stereocenters. The summed E-state index contributed by atoms with van der Waals surface area (Å²) in [6, 6.07) is 10.9. The topological polar surface area (TPSA) is 112 Å². The standard InChI is InChI=1S/C39H50Cl2N4O7/c1-6-51-37(48)26-13-15-28(16-14-26)52-39(44-17-9-10-18-44,45-23-25(2)22-38(45,49-4)50-5)35(46)20-27-19-32(41)33(21-31(27)40)42-36(47)30-24-43(3)34-12-8-7-11-29(30)34/h7-8,11-12,19,21,24-26,28H,6,9-10,13-18,20,22-23H2,1-5H3,(H,42,47)/t25-,26?,28?,39?/m0/s1. The predicted molar refractivity (Wildman–Crippen MR) is 200 cm³/mol. The van der Waals surface area contributed by atoms with Gasteiger partial charge in [-0.15, -0.1) is 0 Å². The quantitative estimate of drug-likeness (QED) is 0.145. The molecule has 0 bridgehead atoms. The van der Waals surface area contributed by atoms with Gasteiger partial charge in [0.15, 0.2) is 5.78 Å². The van der Waals surface area contributed by atoms with Crippen molar-refractivity contribution in [1.29, 1.82) is 0 Å². The number of nitrogens with one attached hydrogen (secondary N) is 1. The monoisotopic (exact) mass is 756 g/mol. The van der Waals surface area contributed by atoms with Crippen molar-refractivity contribution in [2.24, 2.45) is 18.9 Å². The Morgan fingerprint density at radius 3 is 2.37 bits per heavy atom. The molecule has 6 rings (SSSR count). The van der Waals surface area contributed by atoms with Crippen molar-refractivity contribution in [3.05, 3.63) is 63.8 Å². The number of hydrogen-bond acceptors (Lipinski definition) is 9. The number of rotatable bonds is 13. The van der Waals surface area contributed by atoms with Crippen molar-refractivity contribution in [3.63, 3.8) is 0 Å². The zero-order chi connectivity index (χ0) is 37.2. The van der Waals surface area contributed by atoms with Gasteiger partial charge in [-0.25, -0.2) is 4.90 Å². The number of carbonyl (C=O) groups excluding carboxylic acids is 3. The lowest BCUT2D eigenvalue weighted by atomic mass is 9.87. The number of halogens is 2. The highest BCUT2D eigenvalue weighted by Crippen LogP contribution is 2.46. The number of hydrogen-bond donors (Lipinski definition) is 1. The summed E-state index contributed by atoms with van der Waals surface area (Å²) in [6.07, 6.45) is 6.14. The lowest BCUT2D eigenvalue weighted by Gasteiger charge is -2.52. The van der Waals surface area contributed by atoms with Crippen molar-refractivity contribution < 1.29 is 33.3 Å². The van der Waals surface area contributed by atoms with Gasteiger partial charge in [0.1, 0.15) is 0 Å². The molecule has 0 spiro atoms. The summed E-state index contributed by atoms with van der Waals surface area (Å²) in [5, 5.41) is 4.28. The number of ketones is 1. The number of methoxy groups -OCH3 is 2. The van der Waals surface area contributed by atoms with E-state index in [-0.39, 0.29) is 52.1 Å². The Hall–Kier alpha value is -3.03. The second-order valence-corrected chi connectivity index (χ2v) is 15.1. The summed E-state index contributed by atoms with van der Waals surface area (Å²) in [5.74, 6) is -3.54. The molecule has 1 N–H and O–H groups in total. The molecule has 3 aliphatic rings. The van der Waals surface area contributed by atoms with Crippen molar-refractivity contribution in [2.45, 2.75) is 83.1 Å². The number of likely N-dealkylation sites (tertiary alicyclic amines) is 2. The summed E-state index contributed by atoms with van der Waals surface area (Å²) in [7, 11) is 5.08. The fourth-order valence-electron chi connectivity index (χ4n) is 8.34. The Morgan fingerprint density at radius 2 is 1.69 bits per heavy atom. The highest BCUT2D eigenvalue weighted by atomic mass is 35.5. The molecule has 52 heavy (non-hydrogen) atoms. The number of nitrogens with zero attached hydrogens (tertiary/aromatic N) is 3. The van der Waals surface area contributed by atoms with Gasteiger partial charge in [0.25, 0.3) is 5.91 Å². The number of para-hydroxylation sites is 1. The maximum atomic E-state index is 15.2. The minimum atomic E-state index is -1.55. The van der Waals surface area contributed by atoms with Crippen LogP contribution in [0, 0.1) is 11.8 Å². The second-order valence-electron chi connectivity index (χ2n) is 14.3. The first kappa shape index (κ1) is 38.7. The number of aromatic nitrogens is 1. The van der Waals surface area contributed by atoms with Gasteiger partial charge < -0.3 is 28.8 Å². The van der Waals surface area contributed by atoms with Gasteiger partial charge in [0, 0.05) is 75.9 Å². The number of aryl methyl sites for hydroxylation is 1. The number of benzene rings is 2. The zero-order valence-corrected chi connectivity index (χ0v) is 32.2. The van der Waals surface area contributed by atoms with Gasteiger partial charge in [-0.3, -0.25) is 19.3 Å². The van der Waals surface area contributed by atoms with Crippen LogP contribution < -0.4 is 5.32 Å². The van der Waals surface area contributed by atoms with Crippen molar-refractivity contribution in [1.82, 2.24) is 14.4 Å². The van der Waals surface area contributed by atoms with Gasteiger partial charge in [0.2, 0.25) is 11.8 Å². The summed E-state index contributed by atoms with van der Waals surface area (Å²) >= 11 is 13.7. The Balaban J connectivity index is 1.32. The molecule has 2 aromatic carbocycles. The first-order valence-corrected chi connectivity index (χ1v) is 19.1. The number of anilines is 1. The number of ether oxygens (including phenoxy) is 4. The van der Waals surface area contributed by atoms with E-state index in [4.69, 9.17) is 42.1 Å². The van der Waals surface area contributed by atoms with E-state index in [0.717, 1.165) is 23.7 Å². The molecule has 13 heteroatoms. The number of esters is 1. The third-order valence-electron chi connectivity index (χ3n) is 10.9. The molecule has 3 aromatic rings. The van der Waals surface area contributed by atoms with Crippen LogP contribution in [0.15, 0.2) is 42.6 Å². The van der Waals surface area contributed by atoms with Crippen molar-refractivity contribution in [3.8, 4) is 0 Å². The zero-order valence-electron chi connectivity index (χ0n) is 30.7. The molecule has 3 heterocycles. The van der Waals surface area contributed by atoms with Gasteiger partial charge in [0.05, 0.1) is 34.9 Å². The van der Waals surface area contributed by atoms with Gasteiger partial charge >= 0.3 is 5.97 Å². The predicted octanol–water partition coefficient (Wildman–Crippen LogP) is 7.03. The normalized spacial score (nSPS) is 23.5. The average Bonchev–Trinajstić information content (AvgIpc) is 3.88. The molecule has 11 nitrogen and oxygen atoms in total. The third kappa shape index (κ3) is 7.38. The third-order valence-corrected chi connectivity index (χ3v) is 11.6. The van der Waals surface area contributed by atoms with E-state index in [9.17, 15) is 9.59 Å². The van der Waals surface area contributed by atoms with Crippen LogP contribution in [0.1, 0.15) is 74.7 Å². The minimum Gasteiger partial charge on any atom is -0.466 e. The van der Waals surface area contributed by atoms with E-state index in [1.54, 1.807) is 32.5 Å². The molecular formula is C39H50Cl2N4O7. The van der Waals surface area contributed by atoms with Crippen LogP contribution in [-0.2, 0) is 42.0 Å². The second kappa shape index (κ2) is 16.1. The molecule has 0 radical (unpaired) electrons. The highest BCUT2D eigenvalue weighted by Gasteiger charge is 2.62. The fraction of sp³-hybridized carbons (Fsp3) is 0.564. The van der Waals surface area contributed by atoms with Gasteiger partial charge in [-0.2, -0.15) is 0 Å². The summed E-state index contributed by atoms with van der Waals surface area (Å²) in [4.78, 5) is 45.3. The van der Waals surface area contributed by atoms with Crippen LogP contribution in [-0.4, -0.2) is 90.4 Å². The van der Waals surface area contributed by atoms with Crippen LogP contribution in [0.3, 0.4) is 0 Å². The first-order chi connectivity index (χ1) is 25.0. The lowest BCUT2D eigenvalue weighted by Crippen LogP contribution is -2.72. The van der Waals surface area contributed by atoms with E-state index in [1.165, 1.54) is 0 Å². The summed E-state index contributed by atoms with van der Waals surface area (Å²) < 4.78 is 26.6. The Bertz CT molecular complexity index is 1780. The molecule has 2 atom stereocenters. The van der Waals surface area contributed by atoms with Crippen LogP contribution >= 0.6 is 23.2 Å². The van der Waals surface area contributed by atoms with E-state index in [0.29, 0.717) is 75.2 Å². The number of amides is 1. The number of carbonyl (C=O) groups is 3. The van der Waals surface area contributed by atoms with Gasteiger partial charge in [-0.05, 0) is 75.1 Å². The maximum Gasteiger partial charge on any atom is 0.308 e. The molecule has 282 valence electrons.